The van der Waals surface area contributed by atoms with Crippen LogP contribution in [0.5, 0.6) is 17.2 Å². The molecule has 7 nitrogen and oxygen atoms in total. The van der Waals surface area contributed by atoms with Crippen molar-refractivity contribution >= 4 is 0 Å². The number of benzene rings is 2. The van der Waals surface area contributed by atoms with Gasteiger partial charge in [-0.1, -0.05) is 24.3 Å². The van der Waals surface area contributed by atoms with E-state index >= 15 is 0 Å². The summed E-state index contributed by atoms with van der Waals surface area (Å²) in [5, 5.41) is 15.3. The Labute approximate surface area is 195 Å². The molecule has 1 N–H and O–H groups in total. The molecule has 176 valence electrons. The molecule has 1 aliphatic heterocycles. The van der Waals surface area contributed by atoms with Crippen LogP contribution in [0.15, 0.2) is 67.0 Å². The highest BCUT2D eigenvalue weighted by Crippen LogP contribution is 2.30. The summed E-state index contributed by atoms with van der Waals surface area (Å²) in [6, 6.07) is 17.6. The van der Waals surface area contributed by atoms with E-state index < -0.39 is 5.60 Å². The van der Waals surface area contributed by atoms with Gasteiger partial charge < -0.3 is 19.3 Å². The molecule has 7 heteroatoms. The molecule has 3 aromatic rings. The van der Waals surface area contributed by atoms with Gasteiger partial charge in [0.05, 0.1) is 13.7 Å². The van der Waals surface area contributed by atoms with Crippen molar-refractivity contribution in [2.24, 2.45) is 0 Å². The third kappa shape index (κ3) is 6.73. The molecule has 1 atom stereocenters. The third-order valence-corrected chi connectivity index (χ3v) is 5.87. The first kappa shape index (κ1) is 23.1. The van der Waals surface area contributed by atoms with E-state index in [0.717, 1.165) is 61.7 Å². The van der Waals surface area contributed by atoms with Gasteiger partial charge >= 0.3 is 0 Å². The Hall–Kier alpha value is -3.03. The molecule has 1 saturated heterocycles. The Kier molecular flexibility index (Phi) is 7.86. The van der Waals surface area contributed by atoms with Crippen LogP contribution in [-0.4, -0.2) is 58.8 Å². The van der Waals surface area contributed by atoms with Crippen molar-refractivity contribution < 1.29 is 19.3 Å². The van der Waals surface area contributed by atoms with Crippen molar-refractivity contribution in [1.82, 2.24) is 14.7 Å². The van der Waals surface area contributed by atoms with Gasteiger partial charge in [0.25, 0.3) is 0 Å². The summed E-state index contributed by atoms with van der Waals surface area (Å²) in [6.07, 6.45) is 6.27. The summed E-state index contributed by atoms with van der Waals surface area (Å²) in [5.41, 5.74) is 0.277. The molecule has 1 aromatic heterocycles. The van der Waals surface area contributed by atoms with Gasteiger partial charge in [0.1, 0.15) is 18.0 Å². The predicted octanol–water partition coefficient (Wildman–Crippen LogP) is 3.77. The van der Waals surface area contributed by atoms with Crippen molar-refractivity contribution in [3.63, 3.8) is 0 Å². The molecule has 0 aliphatic carbocycles. The number of aromatic nitrogens is 2. The molecule has 0 spiro atoms. The minimum Gasteiger partial charge on any atom is -0.493 e. The number of rotatable bonds is 11. The van der Waals surface area contributed by atoms with Gasteiger partial charge in [0.2, 0.25) is 0 Å². The first-order chi connectivity index (χ1) is 16.1. The Bertz CT molecular complexity index is 980. The lowest BCUT2D eigenvalue weighted by Crippen LogP contribution is -2.51. The fourth-order valence-corrected chi connectivity index (χ4v) is 4.22. The van der Waals surface area contributed by atoms with Crippen LogP contribution in [-0.2, 0) is 13.1 Å². The normalized spacial score (nSPS) is 18.7. The van der Waals surface area contributed by atoms with Crippen molar-refractivity contribution in [1.29, 1.82) is 0 Å². The molecule has 1 fully saturated rings. The molecule has 0 unspecified atom stereocenters. The summed E-state index contributed by atoms with van der Waals surface area (Å²) in [5.74, 6) is 2.26. The Morgan fingerprint density at radius 2 is 1.94 bits per heavy atom. The number of hydrogen-bond acceptors (Lipinski definition) is 6. The second kappa shape index (κ2) is 11.2. The predicted molar refractivity (Wildman–Crippen MR) is 127 cm³/mol. The largest absolute Gasteiger partial charge is 0.493 e. The van der Waals surface area contributed by atoms with Crippen molar-refractivity contribution in [2.45, 2.75) is 38.0 Å². The Balaban J connectivity index is 1.29. The third-order valence-electron chi connectivity index (χ3n) is 5.87. The molecule has 0 saturated carbocycles. The van der Waals surface area contributed by atoms with Crippen LogP contribution in [0.25, 0.3) is 0 Å². The monoisotopic (exact) mass is 451 g/mol. The van der Waals surface area contributed by atoms with E-state index in [4.69, 9.17) is 14.2 Å². The zero-order valence-corrected chi connectivity index (χ0v) is 19.2. The van der Waals surface area contributed by atoms with E-state index in [9.17, 15) is 5.11 Å². The van der Waals surface area contributed by atoms with E-state index in [-0.39, 0.29) is 0 Å². The number of hydrogen-bond donors (Lipinski definition) is 1. The van der Waals surface area contributed by atoms with E-state index in [1.807, 2.05) is 59.4 Å². The molecular weight excluding hydrogens is 418 g/mol. The quantitative estimate of drug-likeness (QED) is 0.448. The lowest BCUT2D eigenvalue weighted by molar-refractivity contribution is -0.0621. The molecule has 1 aliphatic rings. The van der Waals surface area contributed by atoms with E-state index in [1.54, 1.807) is 13.3 Å². The number of β-amino-alcohol motifs (C(OH)–C–C–N with tert-alkyl or cyclic N) is 1. The molecule has 2 aromatic carbocycles. The summed E-state index contributed by atoms with van der Waals surface area (Å²) in [6.45, 7) is 3.97. The highest BCUT2D eigenvalue weighted by atomic mass is 16.5. The van der Waals surface area contributed by atoms with E-state index in [0.29, 0.717) is 19.8 Å². The van der Waals surface area contributed by atoms with Crippen molar-refractivity contribution in [3.8, 4) is 17.2 Å². The first-order valence-corrected chi connectivity index (χ1v) is 11.5. The number of methoxy groups -OCH3 is 1. The molecule has 0 radical (unpaired) electrons. The highest BCUT2D eigenvalue weighted by Gasteiger charge is 2.34. The first-order valence-electron chi connectivity index (χ1n) is 11.5. The molecule has 0 bridgehead atoms. The lowest BCUT2D eigenvalue weighted by Gasteiger charge is -2.39. The highest BCUT2D eigenvalue weighted by molar-refractivity contribution is 5.43. The second-order valence-corrected chi connectivity index (χ2v) is 8.60. The van der Waals surface area contributed by atoms with Crippen molar-refractivity contribution in [2.75, 3.05) is 33.4 Å². The Morgan fingerprint density at radius 3 is 2.73 bits per heavy atom. The van der Waals surface area contributed by atoms with Crippen LogP contribution >= 0.6 is 0 Å². The summed E-state index contributed by atoms with van der Waals surface area (Å²) < 4.78 is 19.3. The van der Waals surface area contributed by atoms with E-state index in [1.165, 1.54) is 0 Å². The van der Waals surface area contributed by atoms with Gasteiger partial charge in [0, 0.05) is 38.4 Å². The smallest absolute Gasteiger partial charge is 0.161 e. The maximum Gasteiger partial charge on any atom is 0.161 e. The standard InChI is InChI=1S/C26H33N3O4/c1-31-25-18-22(10-11-24(25)32-17-7-16-29-15-6-13-27-29)19-28-14-5-12-26(30,20-28)21-33-23-8-3-2-4-9-23/h2-4,6,8-11,13,15,18,30H,5,7,12,14,16-17,19-21H2,1H3/t26-/m1/s1. The molecule has 2 heterocycles. The average Bonchev–Trinajstić information content (AvgIpc) is 3.36. The summed E-state index contributed by atoms with van der Waals surface area (Å²) >= 11 is 0. The topological polar surface area (TPSA) is 69.0 Å². The van der Waals surface area contributed by atoms with Crippen molar-refractivity contribution in [3.05, 3.63) is 72.6 Å². The fraction of sp³-hybridized carbons (Fsp3) is 0.423. The average molecular weight is 452 g/mol. The minimum absolute atomic E-state index is 0.294. The molecule has 4 rings (SSSR count). The number of nitrogens with zero attached hydrogens (tertiary/aromatic N) is 3. The van der Waals surface area contributed by atoms with Gasteiger partial charge in [-0.2, -0.15) is 5.10 Å². The summed E-state index contributed by atoms with van der Waals surface area (Å²) in [7, 11) is 1.66. The lowest BCUT2D eigenvalue weighted by atomic mass is 9.93. The van der Waals surface area contributed by atoms with Crippen LogP contribution in [0.4, 0.5) is 0 Å². The number of para-hydroxylation sites is 1. The van der Waals surface area contributed by atoms with Gasteiger partial charge in [-0.15, -0.1) is 0 Å². The summed E-state index contributed by atoms with van der Waals surface area (Å²) in [4.78, 5) is 2.28. The zero-order valence-electron chi connectivity index (χ0n) is 19.2. The number of aliphatic hydroxyl groups is 1. The zero-order chi connectivity index (χ0) is 22.9. The van der Waals surface area contributed by atoms with Crippen LogP contribution < -0.4 is 14.2 Å². The fourth-order valence-electron chi connectivity index (χ4n) is 4.22. The van der Waals surface area contributed by atoms with Crippen LogP contribution in [0, 0.1) is 0 Å². The maximum atomic E-state index is 11.1. The number of likely N-dealkylation sites (tertiary alicyclic amines) is 1. The number of piperidine rings is 1. The molecule has 0 amide bonds. The maximum absolute atomic E-state index is 11.1. The van der Waals surface area contributed by atoms with Gasteiger partial charge in [-0.25, -0.2) is 0 Å². The molecular formula is C26H33N3O4. The van der Waals surface area contributed by atoms with Gasteiger partial charge in [-0.3, -0.25) is 9.58 Å². The van der Waals surface area contributed by atoms with Crippen LogP contribution in [0.3, 0.4) is 0 Å². The Morgan fingerprint density at radius 1 is 1.06 bits per heavy atom. The van der Waals surface area contributed by atoms with E-state index in [2.05, 4.69) is 16.1 Å². The minimum atomic E-state index is -0.851. The number of ether oxygens (including phenoxy) is 3. The SMILES string of the molecule is COc1cc(CN2CCC[C@](O)(COc3ccccc3)C2)ccc1OCCCn1cccn1. The van der Waals surface area contributed by atoms with Gasteiger partial charge in [-0.05, 0) is 55.3 Å². The van der Waals surface area contributed by atoms with Gasteiger partial charge in [0.15, 0.2) is 11.5 Å². The van der Waals surface area contributed by atoms with Crippen LogP contribution in [0.2, 0.25) is 0 Å². The molecule has 33 heavy (non-hydrogen) atoms. The van der Waals surface area contributed by atoms with Crippen LogP contribution in [0.1, 0.15) is 24.8 Å². The number of aryl methyl sites for hydroxylation is 1. The second-order valence-electron chi connectivity index (χ2n) is 8.60.